The lowest BCUT2D eigenvalue weighted by Crippen LogP contribution is -2.32. The molecule has 0 spiro atoms. The lowest BCUT2D eigenvalue weighted by molar-refractivity contribution is -0.384. The Labute approximate surface area is 124 Å². The molecule has 1 aromatic rings. The van der Waals surface area contributed by atoms with Gasteiger partial charge in [0.2, 0.25) is 0 Å². The van der Waals surface area contributed by atoms with E-state index in [0.717, 1.165) is 24.0 Å². The van der Waals surface area contributed by atoms with Crippen LogP contribution < -0.4 is 4.90 Å². The van der Waals surface area contributed by atoms with Gasteiger partial charge in [0.15, 0.2) is 0 Å². The summed E-state index contributed by atoms with van der Waals surface area (Å²) in [4.78, 5) is 23.3. The number of hydrogen-bond donors (Lipinski definition) is 1. The Morgan fingerprint density at radius 3 is 2.80 bits per heavy atom. The van der Waals surface area contributed by atoms with Crippen molar-refractivity contribution < 1.29 is 14.8 Å². The third-order valence-electron chi connectivity index (χ3n) is 3.30. The van der Waals surface area contributed by atoms with E-state index in [1.54, 1.807) is 18.8 Å². The van der Waals surface area contributed by atoms with E-state index in [9.17, 15) is 20.0 Å². The summed E-state index contributed by atoms with van der Waals surface area (Å²) in [6, 6.07) is 2.45. The molecule has 0 radical (unpaired) electrons. The fraction of sp³-hybridized carbons (Fsp3) is 0.417. The van der Waals surface area contributed by atoms with E-state index < -0.39 is 10.9 Å². The molecule has 0 amide bonds. The van der Waals surface area contributed by atoms with E-state index in [1.165, 1.54) is 6.07 Å². The second kappa shape index (κ2) is 5.88. The minimum Gasteiger partial charge on any atom is -0.478 e. The van der Waals surface area contributed by atoms with Crippen LogP contribution in [0.25, 0.3) is 0 Å². The average molecular weight is 317 g/mol. The molecule has 1 fully saturated rings. The Morgan fingerprint density at radius 2 is 2.30 bits per heavy atom. The number of nitro groups is 1. The maximum absolute atomic E-state index is 11.4. The Hall–Kier alpha value is -1.47. The molecule has 1 atom stereocenters. The fourth-order valence-electron chi connectivity index (χ4n) is 2.22. The number of carbonyl (C=O) groups is 1. The van der Waals surface area contributed by atoms with E-state index in [4.69, 9.17) is 11.6 Å². The number of non-ortho nitro benzene ring substituents is 1. The van der Waals surface area contributed by atoms with Gasteiger partial charge in [-0.25, -0.2) is 4.79 Å². The number of hydrogen-bond acceptors (Lipinski definition) is 5. The first-order valence-electron chi connectivity index (χ1n) is 5.93. The molecule has 2 rings (SSSR count). The molecule has 1 N–H and O–H groups in total. The summed E-state index contributed by atoms with van der Waals surface area (Å²) in [6.07, 6.45) is 0.938. The lowest BCUT2D eigenvalue weighted by atomic mass is 10.1. The highest BCUT2D eigenvalue weighted by molar-refractivity contribution is 7.99. The molecular weight excluding hydrogens is 304 g/mol. The maximum Gasteiger partial charge on any atom is 0.338 e. The second-order valence-corrected chi connectivity index (χ2v) is 6.07. The van der Waals surface area contributed by atoms with Gasteiger partial charge in [0, 0.05) is 31.0 Å². The Kier molecular flexibility index (Phi) is 4.39. The molecule has 1 aliphatic heterocycles. The van der Waals surface area contributed by atoms with Gasteiger partial charge in [0.1, 0.15) is 0 Å². The van der Waals surface area contributed by atoms with Gasteiger partial charge >= 0.3 is 5.97 Å². The van der Waals surface area contributed by atoms with Crippen molar-refractivity contribution in [2.75, 3.05) is 23.5 Å². The molecule has 20 heavy (non-hydrogen) atoms. The molecule has 6 nitrogen and oxygen atoms in total. The van der Waals surface area contributed by atoms with Crippen LogP contribution in [0, 0.1) is 10.1 Å². The van der Waals surface area contributed by atoms with Crippen LogP contribution in [0.5, 0.6) is 0 Å². The van der Waals surface area contributed by atoms with Gasteiger partial charge < -0.3 is 10.0 Å². The number of carboxylic acid groups (broad SMARTS) is 1. The monoisotopic (exact) mass is 316 g/mol. The third-order valence-corrected chi connectivity index (χ3v) is 4.73. The molecular formula is C12H13ClN2O4S. The largest absolute Gasteiger partial charge is 0.478 e. The normalized spacial score (nSPS) is 18.0. The van der Waals surface area contributed by atoms with Crippen molar-refractivity contribution >= 4 is 40.7 Å². The smallest absolute Gasteiger partial charge is 0.338 e. The first-order valence-corrected chi connectivity index (χ1v) is 7.47. The molecule has 0 aliphatic carbocycles. The van der Waals surface area contributed by atoms with Crippen molar-refractivity contribution in [1.82, 2.24) is 0 Å². The van der Waals surface area contributed by atoms with Gasteiger partial charge in [0.25, 0.3) is 5.69 Å². The number of aromatic carboxylic acids is 1. The van der Waals surface area contributed by atoms with Crippen molar-refractivity contribution in [2.24, 2.45) is 0 Å². The van der Waals surface area contributed by atoms with Crippen LogP contribution in [0.15, 0.2) is 12.1 Å². The highest BCUT2D eigenvalue weighted by atomic mass is 35.5. The topological polar surface area (TPSA) is 83.7 Å². The minimum absolute atomic E-state index is 0.0935. The van der Waals surface area contributed by atoms with Gasteiger partial charge in [-0.3, -0.25) is 10.1 Å². The molecule has 0 aromatic heterocycles. The Balaban J connectivity index is 2.50. The van der Waals surface area contributed by atoms with Gasteiger partial charge in [-0.15, -0.1) is 0 Å². The molecule has 108 valence electrons. The highest BCUT2D eigenvalue weighted by Gasteiger charge is 2.28. The number of halogens is 1. The molecule has 0 bridgehead atoms. The van der Waals surface area contributed by atoms with E-state index in [-0.39, 0.29) is 22.3 Å². The first-order chi connectivity index (χ1) is 9.41. The van der Waals surface area contributed by atoms with Crippen molar-refractivity contribution in [3.8, 4) is 0 Å². The van der Waals surface area contributed by atoms with Crippen LogP contribution in [0.2, 0.25) is 5.02 Å². The van der Waals surface area contributed by atoms with Gasteiger partial charge in [-0.2, -0.15) is 11.8 Å². The van der Waals surface area contributed by atoms with Crippen molar-refractivity contribution in [1.29, 1.82) is 0 Å². The average Bonchev–Trinajstić information content (AvgIpc) is 2.90. The number of anilines is 1. The molecule has 1 aliphatic rings. The van der Waals surface area contributed by atoms with Crippen molar-refractivity contribution in [2.45, 2.75) is 12.5 Å². The SMILES string of the molecule is CN(c1c(Cl)cc([N+](=O)[O-])cc1C(=O)O)C1CCSC1. The van der Waals surface area contributed by atoms with Crippen LogP contribution in [-0.2, 0) is 0 Å². The number of nitro benzene ring substituents is 1. The van der Waals surface area contributed by atoms with E-state index in [1.807, 2.05) is 4.90 Å². The zero-order valence-corrected chi connectivity index (χ0v) is 12.3. The van der Waals surface area contributed by atoms with Crippen molar-refractivity contribution in [3.63, 3.8) is 0 Å². The quantitative estimate of drug-likeness (QED) is 0.679. The molecule has 1 aromatic carbocycles. The summed E-state index contributed by atoms with van der Waals surface area (Å²) >= 11 is 7.87. The minimum atomic E-state index is -1.22. The van der Waals surface area contributed by atoms with Gasteiger partial charge in [0.05, 0.1) is 21.2 Å². The Bertz CT molecular complexity index is 561. The highest BCUT2D eigenvalue weighted by Crippen LogP contribution is 2.36. The van der Waals surface area contributed by atoms with E-state index >= 15 is 0 Å². The molecule has 1 heterocycles. The summed E-state index contributed by atoms with van der Waals surface area (Å²) < 4.78 is 0. The summed E-state index contributed by atoms with van der Waals surface area (Å²) in [5.74, 6) is 0.688. The number of rotatable bonds is 4. The van der Waals surface area contributed by atoms with Crippen LogP contribution in [-0.4, -0.2) is 40.6 Å². The third kappa shape index (κ3) is 2.83. The van der Waals surface area contributed by atoms with Crippen LogP contribution in [0.4, 0.5) is 11.4 Å². The number of thioether (sulfide) groups is 1. The number of nitrogens with zero attached hydrogens (tertiary/aromatic N) is 2. The summed E-state index contributed by atoms with van der Waals surface area (Å²) in [6.45, 7) is 0. The maximum atomic E-state index is 11.4. The van der Waals surface area contributed by atoms with Crippen LogP contribution in [0.1, 0.15) is 16.8 Å². The predicted molar refractivity (Wildman–Crippen MR) is 79.2 cm³/mol. The standard InChI is InChI=1S/C12H13ClN2O4S/c1-14(7-2-3-20-6-7)11-9(12(16)17)4-8(15(18)19)5-10(11)13/h4-5,7H,2-3,6H2,1H3,(H,16,17). The summed E-state index contributed by atoms with van der Waals surface area (Å²) in [7, 11) is 1.77. The molecule has 0 saturated carbocycles. The zero-order valence-electron chi connectivity index (χ0n) is 10.7. The fourth-order valence-corrected chi connectivity index (χ4v) is 3.84. The van der Waals surface area contributed by atoms with E-state index in [2.05, 4.69) is 0 Å². The lowest BCUT2D eigenvalue weighted by Gasteiger charge is -2.28. The Morgan fingerprint density at radius 1 is 1.60 bits per heavy atom. The second-order valence-electron chi connectivity index (χ2n) is 4.51. The first kappa shape index (κ1) is 14.9. The van der Waals surface area contributed by atoms with Crippen LogP contribution >= 0.6 is 23.4 Å². The summed E-state index contributed by atoms with van der Waals surface area (Å²) in [5, 5.41) is 20.2. The molecule has 8 heteroatoms. The van der Waals surface area contributed by atoms with Gasteiger partial charge in [-0.05, 0) is 12.2 Å². The number of benzene rings is 1. The number of carboxylic acids is 1. The predicted octanol–water partition coefficient (Wildman–Crippen LogP) is 2.89. The molecule has 1 unspecified atom stereocenters. The van der Waals surface area contributed by atoms with Gasteiger partial charge in [-0.1, -0.05) is 11.6 Å². The zero-order chi connectivity index (χ0) is 14.9. The van der Waals surface area contributed by atoms with Crippen LogP contribution in [0.3, 0.4) is 0 Å². The molecule has 1 saturated heterocycles. The van der Waals surface area contributed by atoms with E-state index in [0.29, 0.717) is 5.69 Å². The van der Waals surface area contributed by atoms with Crippen molar-refractivity contribution in [3.05, 3.63) is 32.8 Å². The summed E-state index contributed by atoms with van der Waals surface area (Å²) in [5.41, 5.74) is -0.105.